The van der Waals surface area contributed by atoms with Gasteiger partial charge in [-0.3, -0.25) is 0 Å². The van der Waals surface area contributed by atoms with Crippen molar-refractivity contribution >= 4 is 97.2 Å². The SMILES string of the molecule is c1ccc(-c2nc(-c3cccc4oc5ccccc5c34)nc(-c3cccc4oc5ccc(-c6ccc7sc8ccc(-c9ccc%10c(c9)c9ccccc9n%10-c9ccccc9)cc8c7c6)cc5c34)n2)cc1. The Morgan fingerprint density at radius 1 is 0.314 bits per heavy atom. The van der Waals surface area contributed by atoms with E-state index in [-0.39, 0.29) is 0 Å². The molecule has 0 radical (unpaired) electrons. The van der Waals surface area contributed by atoms with Gasteiger partial charge in [-0.2, -0.15) is 0 Å². The van der Waals surface area contributed by atoms with Crippen LogP contribution in [0.4, 0.5) is 0 Å². The Morgan fingerprint density at radius 2 is 0.800 bits per heavy atom. The molecule has 0 bridgehead atoms. The highest BCUT2D eigenvalue weighted by atomic mass is 32.1. The highest BCUT2D eigenvalue weighted by molar-refractivity contribution is 7.25. The van der Waals surface area contributed by atoms with E-state index in [0.29, 0.717) is 17.5 Å². The largest absolute Gasteiger partial charge is 0.456 e. The fourth-order valence-corrected chi connectivity index (χ4v) is 11.7. The summed E-state index contributed by atoms with van der Waals surface area (Å²) < 4.78 is 17.8. The van der Waals surface area contributed by atoms with Gasteiger partial charge >= 0.3 is 0 Å². The number of furan rings is 2. The quantitative estimate of drug-likeness (QED) is 0.166. The van der Waals surface area contributed by atoms with E-state index in [0.717, 1.165) is 77.4 Å². The zero-order chi connectivity index (χ0) is 45.9. The van der Waals surface area contributed by atoms with E-state index in [2.05, 4.69) is 150 Å². The molecule has 326 valence electrons. The normalized spacial score (nSPS) is 12.0. The van der Waals surface area contributed by atoms with Crippen LogP contribution in [0.3, 0.4) is 0 Å². The first-order valence-corrected chi connectivity index (χ1v) is 24.2. The Hall–Kier alpha value is -9.17. The van der Waals surface area contributed by atoms with Crippen LogP contribution in [-0.2, 0) is 0 Å². The van der Waals surface area contributed by atoms with Gasteiger partial charge in [0.05, 0.1) is 11.0 Å². The molecule has 6 nitrogen and oxygen atoms in total. The number of nitrogens with zero attached hydrogens (tertiary/aromatic N) is 4. The summed E-state index contributed by atoms with van der Waals surface area (Å²) in [6.07, 6.45) is 0. The highest BCUT2D eigenvalue weighted by Crippen LogP contribution is 2.43. The molecule has 0 amide bonds. The second-order valence-electron chi connectivity index (χ2n) is 17.9. The summed E-state index contributed by atoms with van der Waals surface area (Å²) in [5.74, 6) is 1.73. The number of rotatable bonds is 6. The fraction of sp³-hybridized carbons (Fsp3) is 0. The third kappa shape index (κ3) is 6.02. The predicted octanol–water partition coefficient (Wildman–Crippen LogP) is 17.5. The van der Waals surface area contributed by atoms with Gasteiger partial charge in [-0.1, -0.05) is 133 Å². The molecule has 7 heteroatoms. The summed E-state index contributed by atoms with van der Waals surface area (Å²) in [6.45, 7) is 0. The van der Waals surface area contributed by atoms with Gasteiger partial charge in [0.1, 0.15) is 22.3 Å². The smallest absolute Gasteiger partial charge is 0.164 e. The van der Waals surface area contributed by atoms with E-state index in [1.165, 1.54) is 53.1 Å². The van der Waals surface area contributed by atoms with Crippen LogP contribution < -0.4 is 0 Å². The lowest BCUT2D eigenvalue weighted by atomic mass is 9.98. The van der Waals surface area contributed by atoms with Crippen molar-refractivity contribution in [1.29, 1.82) is 0 Å². The fourth-order valence-electron chi connectivity index (χ4n) is 10.6. The molecule has 0 spiro atoms. The van der Waals surface area contributed by atoms with Gasteiger partial charge in [0, 0.05) is 74.9 Å². The Labute approximate surface area is 404 Å². The molecule has 0 N–H and O–H groups in total. The molecule has 0 aliphatic rings. The van der Waals surface area contributed by atoms with Gasteiger partial charge in [-0.25, -0.2) is 15.0 Å². The molecule has 5 aromatic heterocycles. The standard InChI is InChI=1S/C63H36N4O2S/c1-3-13-37(14-4-1)61-64-62(45-19-11-23-55-59(45)44-18-8-10-22-53(44)68-55)66-63(65-61)46-20-12-24-56-60(46)50-36-39(26-30-54(50)69-56)41-28-32-58-49(35-41)48-34-40(27-31-57(48)70-58)38-25-29-52-47(33-38)43-17-7-9-21-51(43)67(52)42-15-5-2-6-16-42/h1-36H. The van der Waals surface area contributed by atoms with Crippen molar-refractivity contribution in [2.24, 2.45) is 0 Å². The first kappa shape index (κ1) is 38.9. The number of aromatic nitrogens is 4. The zero-order valence-corrected chi connectivity index (χ0v) is 38.1. The number of benzene rings is 10. The molecular formula is C63H36N4O2S. The molecule has 70 heavy (non-hydrogen) atoms. The van der Waals surface area contributed by atoms with Crippen LogP contribution in [0.25, 0.3) is 148 Å². The van der Waals surface area contributed by atoms with Gasteiger partial charge < -0.3 is 13.4 Å². The summed E-state index contributed by atoms with van der Waals surface area (Å²) in [5, 5.41) is 8.93. The Morgan fingerprint density at radius 3 is 1.49 bits per heavy atom. The topological polar surface area (TPSA) is 69.9 Å². The predicted molar refractivity (Wildman–Crippen MR) is 289 cm³/mol. The molecule has 0 unspecified atom stereocenters. The Balaban J connectivity index is 0.858. The van der Waals surface area contributed by atoms with E-state index in [1.54, 1.807) is 0 Å². The molecule has 0 aliphatic heterocycles. The summed E-state index contributed by atoms with van der Waals surface area (Å²) in [4.78, 5) is 15.6. The van der Waals surface area contributed by atoms with Crippen LogP contribution >= 0.6 is 11.3 Å². The molecule has 15 aromatic rings. The maximum absolute atomic E-state index is 6.59. The van der Waals surface area contributed by atoms with Crippen LogP contribution in [0.1, 0.15) is 0 Å². The van der Waals surface area contributed by atoms with Gasteiger partial charge in [0.25, 0.3) is 0 Å². The molecule has 0 aliphatic carbocycles. The average Bonchev–Trinajstić information content (AvgIpc) is 4.19. The third-order valence-corrected chi connectivity index (χ3v) is 15.0. The Bertz CT molecular complexity index is 4600. The van der Waals surface area contributed by atoms with Crippen molar-refractivity contribution in [2.45, 2.75) is 0 Å². The van der Waals surface area contributed by atoms with Gasteiger partial charge in [-0.15, -0.1) is 11.3 Å². The highest BCUT2D eigenvalue weighted by Gasteiger charge is 2.21. The van der Waals surface area contributed by atoms with Crippen LogP contribution in [0.15, 0.2) is 227 Å². The first-order chi connectivity index (χ1) is 34.7. The maximum Gasteiger partial charge on any atom is 0.164 e. The number of para-hydroxylation sites is 3. The van der Waals surface area contributed by atoms with E-state index in [1.807, 2.05) is 84.1 Å². The van der Waals surface area contributed by atoms with E-state index in [4.69, 9.17) is 23.8 Å². The minimum absolute atomic E-state index is 0.565. The van der Waals surface area contributed by atoms with Crippen molar-refractivity contribution < 1.29 is 8.83 Å². The molecular weight excluding hydrogens is 877 g/mol. The number of hydrogen-bond acceptors (Lipinski definition) is 6. The molecule has 5 heterocycles. The minimum atomic E-state index is 0.565. The lowest BCUT2D eigenvalue weighted by Gasteiger charge is -2.10. The third-order valence-electron chi connectivity index (χ3n) is 13.9. The molecule has 0 atom stereocenters. The maximum atomic E-state index is 6.59. The second-order valence-corrected chi connectivity index (χ2v) is 19.0. The number of fused-ring (bicyclic) bond motifs is 12. The van der Waals surface area contributed by atoms with E-state index < -0.39 is 0 Å². The van der Waals surface area contributed by atoms with Crippen LogP contribution in [-0.4, -0.2) is 19.5 Å². The first-order valence-electron chi connectivity index (χ1n) is 23.4. The van der Waals surface area contributed by atoms with Crippen molar-refractivity contribution in [3.8, 4) is 62.1 Å². The van der Waals surface area contributed by atoms with Crippen molar-refractivity contribution in [2.75, 3.05) is 0 Å². The van der Waals surface area contributed by atoms with Gasteiger partial charge in [0.2, 0.25) is 0 Å². The summed E-state index contributed by atoms with van der Waals surface area (Å²) >= 11 is 1.84. The molecule has 10 aromatic carbocycles. The average molecular weight is 913 g/mol. The summed E-state index contributed by atoms with van der Waals surface area (Å²) in [5.41, 5.74) is 14.0. The van der Waals surface area contributed by atoms with Crippen LogP contribution in [0, 0.1) is 0 Å². The molecule has 0 saturated carbocycles. The summed E-state index contributed by atoms with van der Waals surface area (Å²) in [7, 11) is 0. The van der Waals surface area contributed by atoms with Gasteiger partial charge in [-0.05, 0) is 107 Å². The molecule has 0 saturated heterocycles. The minimum Gasteiger partial charge on any atom is -0.456 e. The van der Waals surface area contributed by atoms with E-state index >= 15 is 0 Å². The van der Waals surface area contributed by atoms with Crippen molar-refractivity contribution in [1.82, 2.24) is 19.5 Å². The lowest BCUT2D eigenvalue weighted by molar-refractivity contribution is 0.668. The number of hydrogen-bond donors (Lipinski definition) is 0. The lowest BCUT2D eigenvalue weighted by Crippen LogP contribution is -2.00. The second kappa shape index (κ2) is 15.2. The Kier molecular flexibility index (Phi) is 8.43. The van der Waals surface area contributed by atoms with Gasteiger partial charge in [0.15, 0.2) is 17.5 Å². The molecule has 0 fully saturated rings. The zero-order valence-electron chi connectivity index (χ0n) is 37.3. The number of thiophene rings is 1. The monoisotopic (exact) mass is 912 g/mol. The van der Waals surface area contributed by atoms with E-state index in [9.17, 15) is 0 Å². The molecule has 15 rings (SSSR count). The van der Waals surface area contributed by atoms with Crippen molar-refractivity contribution in [3.63, 3.8) is 0 Å². The van der Waals surface area contributed by atoms with Crippen LogP contribution in [0.5, 0.6) is 0 Å². The van der Waals surface area contributed by atoms with Crippen LogP contribution in [0.2, 0.25) is 0 Å². The van der Waals surface area contributed by atoms with Crippen molar-refractivity contribution in [3.05, 3.63) is 218 Å². The summed E-state index contributed by atoms with van der Waals surface area (Å²) in [6, 6.07) is 76.9.